The fourth-order valence-corrected chi connectivity index (χ4v) is 2.17. The third kappa shape index (κ3) is 3.50. The van der Waals surface area contributed by atoms with Gasteiger partial charge in [-0.1, -0.05) is 23.3 Å². The Morgan fingerprint density at radius 2 is 2.40 bits per heavy atom. The predicted octanol–water partition coefficient (Wildman–Crippen LogP) is 2.62. The van der Waals surface area contributed by atoms with Crippen molar-refractivity contribution in [2.45, 2.75) is 19.9 Å². The minimum Gasteiger partial charge on any atom is -0.368 e. The molecule has 0 spiro atoms. The number of fused-ring (bicyclic) bond motifs is 1. The maximum Gasteiger partial charge on any atom is 0.327 e. The van der Waals surface area contributed by atoms with Gasteiger partial charge in [0.2, 0.25) is 5.95 Å². The van der Waals surface area contributed by atoms with Crippen molar-refractivity contribution >= 4 is 37.4 Å². The lowest BCUT2D eigenvalue weighted by atomic mass is 10.2. The lowest BCUT2D eigenvalue weighted by molar-refractivity contribution is 0.349. The fourth-order valence-electron chi connectivity index (χ4n) is 1.77. The van der Waals surface area contributed by atoms with E-state index in [1.165, 1.54) is 0 Å². The second-order valence-electron chi connectivity index (χ2n) is 4.16. The summed E-state index contributed by atoms with van der Waals surface area (Å²) in [5.41, 5.74) is 7.82. The average Bonchev–Trinajstić information content (AvgIpc) is 2.78. The van der Waals surface area contributed by atoms with E-state index in [0.717, 1.165) is 5.57 Å². The maximum absolute atomic E-state index is 10.1. The quantitative estimate of drug-likeness (QED) is 0.381. The van der Waals surface area contributed by atoms with Crippen LogP contribution in [0.5, 0.6) is 0 Å². The van der Waals surface area contributed by atoms with Crippen molar-refractivity contribution in [2.75, 3.05) is 12.3 Å². The van der Waals surface area contributed by atoms with Gasteiger partial charge in [-0.15, -0.1) is 0 Å². The number of imidazole rings is 1. The Bertz CT molecular complexity index is 658. The lowest BCUT2D eigenvalue weighted by Crippen LogP contribution is -2.02. The molecule has 0 aromatic carbocycles. The summed E-state index contributed by atoms with van der Waals surface area (Å²) in [6.45, 7) is 3.00. The average molecular weight is 314 g/mol. The highest BCUT2D eigenvalue weighted by molar-refractivity contribution is 7.17. The van der Waals surface area contributed by atoms with Crippen LogP contribution in [0.15, 0.2) is 18.0 Å². The van der Waals surface area contributed by atoms with Gasteiger partial charge in [0, 0.05) is 6.54 Å². The number of hydrogen-bond acceptors (Lipinski definition) is 6. The van der Waals surface area contributed by atoms with E-state index in [-0.39, 0.29) is 19.8 Å². The maximum atomic E-state index is 10.1. The number of allylic oxidation sites excluding steroid dienone is 1. The predicted molar refractivity (Wildman–Crippen MR) is 76.7 cm³/mol. The van der Waals surface area contributed by atoms with Crippen molar-refractivity contribution in [3.05, 3.63) is 23.1 Å². The van der Waals surface area contributed by atoms with Crippen LogP contribution in [0.1, 0.15) is 13.3 Å². The monoisotopic (exact) mass is 313 g/mol. The molecule has 2 rings (SSSR count). The molecule has 0 fully saturated rings. The van der Waals surface area contributed by atoms with E-state index in [9.17, 15) is 4.57 Å². The molecule has 0 aliphatic heterocycles. The van der Waals surface area contributed by atoms with E-state index < -0.39 is 0 Å². The van der Waals surface area contributed by atoms with Gasteiger partial charge in [-0.25, -0.2) is 9.55 Å². The Kier molecular flexibility index (Phi) is 5.00. The van der Waals surface area contributed by atoms with Crippen molar-refractivity contribution in [1.29, 1.82) is 0 Å². The lowest BCUT2D eigenvalue weighted by Gasteiger charge is -2.04. The molecule has 2 heterocycles. The molecule has 0 saturated carbocycles. The van der Waals surface area contributed by atoms with Gasteiger partial charge < -0.3 is 10.3 Å². The largest absolute Gasteiger partial charge is 0.368 e. The summed E-state index contributed by atoms with van der Waals surface area (Å²) in [5, 5.41) is 0.246. The molecule has 0 unspecified atom stereocenters. The van der Waals surface area contributed by atoms with Crippen molar-refractivity contribution < 1.29 is 9.09 Å². The van der Waals surface area contributed by atoms with E-state index in [4.69, 9.17) is 21.9 Å². The molecule has 2 N–H and O–H groups in total. The van der Waals surface area contributed by atoms with Crippen LogP contribution in [0, 0.1) is 0 Å². The number of aromatic nitrogens is 4. The molecule has 106 valence electrons. The normalized spacial score (nSPS) is 12.4. The fraction of sp³-hybridized carbons (Fsp3) is 0.364. The van der Waals surface area contributed by atoms with Crippen LogP contribution < -0.4 is 5.73 Å². The number of nitrogen functional groups attached to an aromatic ring is 1. The summed E-state index contributed by atoms with van der Waals surface area (Å²) >= 11 is 5.96. The van der Waals surface area contributed by atoms with E-state index in [1.807, 2.05) is 17.6 Å². The van der Waals surface area contributed by atoms with Crippen molar-refractivity contribution in [1.82, 2.24) is 19.5 Å². The summed E-state index contributed by atoms with van der Waals surface area (Å²) in [6, 6.07) is 0. The summed E-state index contributed by atoms with van der Waals surface area (Å²) < 4.78 is 16.7. The summed E-state index contributed by atoms with van der Waals surface area (Å²) in [4.78, 5) is 12.2. The molecule has 0 amide bonds. The molecule has 2 aromatic heterocycles. The molecule has 9 heteroatoms. The van der Waals surface area contributed by atoms with Crippen LogP contribution in [-0.2, 0) is 15.6 Å². The molecule has 20 heavy (non-hydrogen) atoms. The zero-order chi connectivity index (χ0) is 14.5. The number of rotatable bonds is 6. The molecule has 7 nitrogen and oxygen atoms in total. The van der Waals surface area contributed by atoms with Gasteiger partial charge in [-0.05, 0) is 13.3 Å². The highest BCUT2D eigenvalue weighted by Crippen LogP contribution is 2.20. The zero-order valence-corrected chi connectivity index (χ0v) is 12.4. The zero-order valence-electron chi connectivity index (χ0n) is 10.8. The Labute approximate surface area is 122 Å². The minimum atomic E-state index is -0.296. The number of hydrogen-bond donors (Lipinski definition) is 1. The second kappa shape index (κ2) is 6.74. The van der Waals surface area contributed by atoms with Crippen LogP contribution in [-0.4, -0.2) is 26.1 Å². The van der Waals surface area contributed by atoms with Crippen molar-refractivity contribution in [3.63, 3.8) is 0 Å². The first-order chi connectivity index (χ1) is 9.61. The summed E-state index contributed by atoms with van der Waals surface area (Å²) in [6.07, 6.45) is 4.34. The van der Waals surface area contributed by atoms with Gasteiger partial charge in [-0.2, -0.15) is 9.97 Å². The molecular weight excluding hydrogens is 301 g/mol. The van der Waals surface area contributed by atoms with Crippen LogP contribution in [0.3, 0.4) is 0 Å². The van der Waals surface area contributed by atoms with Gasteiger partial charge in [-0.3, -0.25) is 4.52 Å². The highest BCUT2D eigenvalue weighted by Gasteiger charge is 2.10. The first-order valence-electron chi connectivity index (χ1n) is 5.86. The first kappa shape index (κ1) is 14.8. The third-order valence-corrected chi connectivity index (χ3v) is 3.16. The van der Waals surface area contributed by atoms with Gasteiger partial charge >= 0.3 is 8.69 Å². The van der Waals surface area contributed by atoms with Crippen LogP contribution >= 0.6 is 20.3 Å². The Morgan fingerprint density at radius 3 is 3.15 bits per heavy atom. The second-order valence-corrected chi connectivity index (χ2v) is 4.93. The van der Waals surface area contributed by atoms with E-state index in [2.05, 4.69) is 15.0 Å². The Balaban J connectivity index is 2.15. The SMILES string of the molecule is C/C(=C/CCOP=O)Cn1cnc2c(Cl)nc(N)nc21. The van der Waals surface area contributed by atoms with Crippen LogP contribution in [0.4, 0.5) is 5.95 Å². The number of anilines is 1. The molecule has 0 aliphatic carbocycles. The number of nitrogens with two attached hydrogens (primary N) is 1. The Morgan fingerprint density at radius 1 is 1.60 bits per heavy atom. The van der Waals surface area contributed by atoms with Crippen LogP contribution in [0.2, 0.25) is 5.15 Å². The van der Waals surface area contributed by atoms with Gasteiger partial charge in [0.05, 0.1) is 12.9 Å². The summed E-state index contributed by atoms with van der Waals surface area (Å²) in [5.74, 6) is 0.119. The molecule has 0 atom stereocenters. The molecule has 2 aromatic rings. The van der Waals surface area contributed by atoms with E-state index in [0.29, 0.717) is 30.7 Å². The Hall–Kier alpha value is -1.56. The molecule has 0 saturated heterocycles. The topological polar surface area (TPSA) is 95.9 Å². The molecule has 0 radical (unpaired) electrons. The van der Waals surface area contributed by atoms with Gasteiger partial charge in [0.25, 0.3) is 0 Å². The molecular formula is C11H13ClN5O2P. The van der Waals surface area contributed by atoms with Gasteiger partial charge in [0.1, 0.15) is 5.52 Å². The standard InChI is InChI=1S/C11H13ClN5O2P/c1-7(3-2-4-19-20-18)5-17-6-14-8-9(12)15-11(13)16-10(8)17/h3,6H,2,4-5H2,1H3,(H2,13,15,16)/b7-3-. The third-order valence-electron chi connectivity index (χ3n) is 2.61. The number of halogens is 1. The van der Waals surface area contributed by atoms with E-state index in [1.54, 1.807) is 6.33 Å². The smallest absolute Gasteiger partial charge is 0.327 e. The van der Waals surface area contributed by atoms with Gasteiger partial charge in [0.15, 0.2) is 10.8 Å². The first-order valence-corrected chi connectivity index (χ1v) is 6.96. The van der Waals surface area contributed by atoms with E-state index >= 15 is 0 Å². The van der Waals surface area contributed by atoms with Crippen molar-refractivity contribution in [2.24, 2.45) is 0 Å². The molecule has 0 aliphatic rings. The number of nitrogens with zero attached hydrogens (tertiary/aromatic N) is 4. The van der Waals surface area contributed by atoms with Crippen LogP contribution in [0.25, 0.3) is 11.2 Å². The van der Waals surface area contributed by atoms with Crippen molar-refractivity contribution in [3.8, 4) is 0 Å². The highest BCUT2D eigenvalue weighted by atomic mass is 35.5. The molecule has 0 bridgehead atoms. The minimum absolute atomic E-state index is 0.119. The summed E-state index contributed by atoms with van der Waals surface area (Å²) in [7, 11) is -0.296.